The Balaban J connectivity index is 3.15. The minimum atomic E-state index is -0.137. The first-order chi connectivity index (χ1) is 5.66. The number of benzene rings is 1. The van der Waals surface area contributed by atoms with Crippen molar-refractivity contribution >= 4 is 27.9 Å². The van der Waals surface area contributed by atoms with Crippen molar-refractivity contribution in [2.75, 3.05) is 5.73 Å². The molecule has 2 nitrogen and oxygen atoms in total. The van der Waals surface area contributed by atoms with Crippen LogP contribution >= 0.6 is 15.9 Å². The van der Waals surface area contributed by atoms with Gasteiger partial charge >= 0.3 is 0 Å². The highest BCUT2D eigenvalue weighted by Gasteiger charge is 2.08. The molecule has 0 bridgehead atoms. The van der Waals surface area contributed by atoms with Crippen molar-refractivity contribution in [3.63, 3.8) is 0 Å². The second-order valence-electron chi connectivity index (χ2n) is 2.67. The van der Waals surface area contributed by atoms with Crippen LogP contribution in [0.4, 0.5) is 5.69 Å². The molecule has 0 aliphatic heterocycles. The normalized spacial score (nSPS) is 12.5. The van der Waals surface area contributed by atoms with Gasteiger partial charge in [-0.3, -0.25) is 0 Å². The predicted octanol–water partition coefficient (Wildman–Crippen LogP) is 2.33. The molecule has 0 aliphatic carbocycles. The van der Waals surface area contributed by atoms with Gasteiger partial charge in [0.05, 0.1) is 0 Å². The number of carbonyl (C=O) groups is 1. The number of halogens is 1. The largest absolute Gasteiger partial charge is 0.398 e. The van der Waals surface area contributed by atoms with E-state index in [4.69, 9.17) is 5.73 Å². The molecular formula is C9H10BrNO. The maximum absolute atomic E-state index is 10.5. The van der Waals surface area contributed by atoms with Crippen LogP contribution in [-0.4, -0.2) is 6.29 Å². The summed E-state index contributed by atoms with van der Waals surface area (Å²) in [5.74, 6) is -0.137. The number of rotatable bonds is 2. The fourth-order valence-electron chi connectivity index (χ4n) is 1.02. The Morgan fingerprint density at radius 2 is 2.25 bits per heavy atom. The second kappa shape index (κ2) is 3.72. The van der Waals surface area contributed by atoms with E-state index < -0.39 is 0 Å². The topological polar surface area (TPSA) is 43.1 Å². The van der Waals surface area contributed by atoms with Gasteiger partial charge in [0.25, 0.3) is 0 Å². The molecule has 1 aromatic rings. The number of aldehydes is 1. The molecule has 1 rings (SSSR count). The van der Waals surface area contributed by atoms with Crippen LogP contribution in [0.15, 0.2) is 22.7 Å². The van der Waals surface area contributed by atoms with E-state index in [0.717, 1.165) is 16.3 Å². The molecule has 0 spiro atoms. The van der Waals surface area contributed by atoms with Crippen LogP contribution in [0.3, 0.4) is 0 Å². The fraction of sp³-hybridized carbons (Fsp3) is 0.222. The smallest absolute Gasteiger partial charge is 0.127 e. The van der Waals surface area contributed by atoms with E-state index in [-0.39, 0.29) is 5.92 Å². The summed E-state index contributed by atoms with van der Waals surface area (Å²) in [4.78, 5) is 10.5. The SMILES string of the molecule is CC(C=O)c1cccc(Br)c1N. The lowest BCUT2D eigenvalue weighted by Crippen LogP contribution is -2.00. The lowest BCUT2D eigenvalue weighted by atomic mass is 10.0. The third kappa shape index (κ3) is 1.67. The van der Waals surface area contributed by atoms with Crippen LogP contribution in [-0.2, 0) is 4.79 Å². The summed E-state index contributed by atoms with van der Waals surface area (Å²) in [5, 5.41) is 0. The van der Waals surface area contributed by atoms with Gasteiger partial charge in [-0.25, -0.2) is 0 Å². The summed E-state index contributed by atoms with van der Waals surface area (Å²) >= 11 is 3.30. The van der Waals surface area contributed by atoms with E-state index in [9.17, 15) is 4.79 Å². The molecule has 3 heteroatoms. The highest BCUT2D eigenvalue weighted by molar-refractivity contribution is 9.10. The minimum absolute atomic E-state index is 0.137. The van der Waals surface area contributed by atoms with Gasteiger partial charge in [-0.05, 0) is 27.6 Å². The van der Waals surface area contributed by atoms with Crippen LogP contribution in [0.5, 0.6) is 0 Å². The van der Waals surface area contributed by atoms with Crippen LogP contribution in [0, 0.1) is 0 Å². The minimum Gasteiger partial charge on any atom is -0.398 e. The molecule has 0 fully saturated rings. The molecule has 0 radical (unpaired) electrons. The van der Waals surface area contributed by atoms with Gasteiger partial charge < -0.3 is 10.5 Å². The molecule has 1 atom stereocenters. The lowest BCUT2D eigenvalue weighted by Gasteiger charge is -2.08. The third-order valence-electron chi connectivity index (χ3n) is 1.78. The summed E-state index contributed by atoms with van der Waals surface area (Å²) in [6.07, 6.45) is 0.887. The maximum atomic E-state index is 10.5. The Morgan fingerprint density at radius 3 is 2.83 bits per heavy atom. The first-order valence-electron chi connectivity index (χ1n) is 3.66. The molecule has 0 aliphatic rings. The molecular weight excluding hydrogens is 218 g/mol. The zero-order valence-corrected chi connectivity index (χ0v) is 8.34. The highest BCUT2D eigenvalue weighted by atomic mass is 79.9. The molecule has 0 amide bonds. The number of anilines is 1. The molecule has 2 N–H and O–H groups in total. The summed E-state index contributed by atoms with van der Waals surface area (Å²) in [6, 6.07) is 5.59. The first-order valence-corrected chi connectivity index (χ1v) is 4.45. The van der Waals surface area contributed by atoms with E-state index in [1.165, 1.54) is 0 Å². The van der Waals surface area contributed by atoms with Gasteiger partial charge in [-0.1, -0.05) is 19.1 Å². The van der Waals surface area contributed by atoms with E-state index in [1.807, 2.05) is 25.1 Å². The highest BCUT2D eigenvalue weighted by Crippen LogP contribution is 2.27. The van der Waals surface area contributed by atoms with E-state index in [1.54, 1.807) is 0 Å². The Kier molecular flexibility index (Phi) is 2.87. The van der Waals surface area contributed by atoms with Crippen molar-refractivity contribution in [3.8, 4) is 0 Å². The number of nitrogens with two attached hydrogens (primary N) is 1. The van der Waals surface area contributed by atoms with Crippen molar-refractivity contribution < 1.29 is 4.79 Å². The van der Waals surface area contributed by atoms with Crippen molar-refractivity contribution in [1.29, 1.82) is 0 Å². The summed E-state index contributed by atoms with van der Waals surface area (Å²) < 4.78 is 0.841. The zero-order valence-electron chi connectivity index (χ0n) is 6.75. The number of hydrogen-bond acceptors (Lipinski definition) is 2. The summed E-state index contributed by atoms with van der Waals surface area (Å²) in [7, 11) is 0. The molecule has 0 saturated carbocycles. The molecule has 0 aromatic heterocycles. The summed E-state index contributed by atoms with van der Waals surface area (Å²) in [5.41, 5.74) is 7.28. The van der Waals surface area contributed by atoms with E-state index >= 15 is 0 Å². The molecule has 12 heavy (non-hydrogen) atoms. The quantitative estimate of drug-likeness (QED) is 0.623. The van der Waals surface area contributed by atoms with Crippen molar-refractivity contribution in [2.45, 2.75) is 12.8 Å². The van der Waals surface area contributed by atoms with E-state index in [0.29, 0.717) is 5.69 Å². The lowest BCUT2D eigenvalue weighted by molar-refractivity contribution is -0.108. The van der Waals surface area contributed by atoms with Gasteiger partial charge in [0, 0.05) is 16.1 Å². The Hall–Kier alpha value is -0.830. The number of carbonyl (C=O) groups excluding carboxylic acids is 1. The van der Waals surface area contributed by atoms with Crippen LogP contribution in [0.1, 0.15) is 18.4 Å². The standard InChI is InChI=1S/C9H10BrNO/c1-6(5-12)7-3-2-4-8(10)9(7)11/h2-6H,11H2,1H3. The van der Waals surface area contributed by atoms with Crippen LogP contribution < -0.4 is 5.73 Å². The molecule has 0 heterocycles. The third-order valence-corrected chi connectivity index (χ3v) is 2.47. The Bertz CT molecular complexity index is 299. The average molecular weight is 228 g/mol. The molecule has 0 saturated heterocycles. The maximum Gasteiger partial charge on any atom is 0.127 e. The Morgan fingerprint density at radius 1 is 1.58 bits per heavy atom. The average Bonchev–Trinajstić information content (AvgIpc) is 2.08. The first kappa shape index (κ1) is 9.26. The Labute approximate surface area is 79.9 Å². The number of nitrogen functional groups attached to an aromatic ring is 1. The van der Waals surface area contributed by atoms with Gasteiger partial charge in [0.2, 0.25) is 0 Å². The molecule has 1 unspecified atom stereocenters. The van der Waals surface area contributed by atoms with Gasteiger partial charge in [0.15, 0.2) is 0 Å². The molecule has 1 aromatic carbocycles. The van der Waals surface area contributed by atoms with Crippen molar-refractivity contribution in [3.05, 3.63) is 28.2 Å². The van der Waals surface area contributed by atoms with Gasteiger partial charge in [0.1, 0.15) is 6.29 Å². The summed E-state index contributed by atoms with van der Waals surface area (Å²) in [6.45, 7) is 1.82. The van der Waals surface area contributed by atoms with Crippen LogP contribution in [0.25, 0.3) is 0 Å². The molecule has 64 valence electrons. The van der Waals surface area contributed by atoms with Crippen molar-refractivity contribution in [1.82, 2.24) is 0 Å². The predicted molar refractivity (Wildman–Crippen MR) is 53.0 cm³/mol. The number of hydrogen-bond donors (Lipinski definition) is 1. The van der Waals surface area contributed by atoms with Gasteiger partial charge in [-0.15, -0.1) is 0 Å². The monoisotopic (exact) mass is 227 g/mol. The van der Waals surface area contributed by atoms with E-state index in [2.05, 4.69) is 15.9 Å². The number of para-hydroxylation sites is 1. The van der Waals surface area contributed by atoms with Crippen molar-refractivity contribution in [2.24, 2.45) is 0 Å². The van der Waals surface area contributed by atoms with Gasteiger partial charge in [-0.2, -0.15) is 0 Å². The van der Waals surface area contributed by atoms with Crippen LogP contribution in [0.2, 0.25) is 0 Å². The zero-order chi connectivity index (χ0) is 9.14. The second-order valence-corrected chi connectivity index (χ2v) is 3.52. The fourth-order valence-corrected chi connectivity index (χ4v) is 1.41.